The summed E-state index contributed by atoms with van der Waals surface area (Å²) in [6.07, 6.45) is -7.86. The van der Waals surface area contributed by atoms with Crippen molar-refractivity contribution in [1.82, 2.24) is 0 Å². The minimum atomic E-state index is -8.80. The average molecular weight is 490 g/mol. The van der Waals surface area contributed by atoms with Crippen LogP contribution in [0, 0.1) is 0 Å². The molecule has 0 spiro atoms. The molecular weight excluding hydrogens is 488 g/mol. The molecule has 4 nitrogen and oxygen atoms in total. The van der Waals surface area contributed by atoms with Crippen LogP contribution in [0.4, 0.5) is 70.2 Å². The zero-order chi connectivity index (χ0) is 25.2. The molecule has 0 aromatic rings. The second-order valence-electron chi connectivity index (χ2n) is 5.21. The summed E-state index contributed by atoms with van der Waals surface area (Å²) in [6.45, 7) is 0. The van der Waals surface area contributed by atoms with Crippen molar-refractivity contribution in [3.63, 3.8) is 0 Å². The summed E-state index contributed by atoms with van der Waals surface area (Å²) in [7, 11) is 0. The number of alkyl halides is 16. The molecule has 0 rings (SSSR count). The molecule has 0 aromatic heterocycles. The minimum absolute atomic E-state index is 4.29. The highest BCUT2D eigenvalue weighted by Gasteiger charge is 2.96. The van der Waals surface area contributed by atoms with Gasteiger partial charge in [-0.05, 0) is 0 Å². The van der Waals surface area contributed by atoms with Crippen molar-refractivity contribution in [2.24, 2.45) is 0 Å². The van der Waals surface area contributed by atoms with Crippen molar-refractivity contribution < 1.29 is 90.0 Å². The summed E-state index contributed by atoms with van der Waals surface area (Å²) in [5.41, 5.74) is -6.97. The third kappa shape index (κ3) is 3.00. The van der Waals surface area contributed by atoms with Crippen molar-refractivity contribution >= 4 is 11.9 Å². The molecule has 0 heterocycles. The van der Waals surface area contributed by atoms with E-state index in [1.54, 1.807) is 0 Å². The lowest BCUT2D eigenvalue weighted by Crippen LogP contribution is -2.76. The molecular formula is C10H2F16O4. The first-order valence-electron chi connectivity index (χ1n) is 6.13. The fraction of sp³-hybridized carbons (Fsp3) is 0.800. The zero-order valence-electron chi connectivity index (χ0n) is 12.8. The Morgan fingerprint density at radius 1 is 0.400 bits per heavy atom. The third-order valence-corrected chi connectivity index (χ3v) is 3.35. The van der Waals surface area contributed by atoms with E-state index >= 15 is 0 Å². The van der Waals surface area contributed by atoms with Crippen LogP contribution in [0.25, 0.3) is 0 Å². The maximum absolute atomic E-state index is 13.4. The van der Waals surface area contributed by atoms with E-state index in [0.29, 0.717) is 0 Å². The Labute approximate surface area is 151 Å². The Balaban J connectivity index is 6.99. The first kappa shape index (κ1) is 27.8. The van der Waals surface area contributed by atoms with E-state index in [9.17, 15) is 79.8 Å². The second kappa shape index (κ2) is 6.66. The highest BCUT2D eigenvalue weighted by atomic mass is 19.4. The highest BCUT2D eigenvalue weighted by molar-refractivity contribution is 6.03. The molecule has 0 radical (unpaired) electrons. The van der Waals surface area contributed by atoms with Crippen LogP contribution in [0.1, 0.15) is 0 Å². The van der Waals surface area contributed by atoms with Gasteiger partial charge in [-0.3, -0.25) is 0 Å². The fourth-order valence-electron chi connectivity index (χ4n) is 1.54. The van der Waals surface area contributed by atoms with Gasteiger partial charge in [0.15, 0.2) is 0 Å². The van der Waals surface area contributed by atoms with Crippen molar-refractivity contribution in [3.05, 3.63) is 0 Å². The molecule has 0 aromatic carbocycles. The number of halogens is 16. The lowest BCUT2D eigenvalue weighted by Gasteiger charge is -2.42. The Morgan fingerprint density at radius 2 is 0.600 bits per heavy atom. The summed E-state index contributed by atoms with van der Waals surface area (Å²) in [5, 5.41) is 15.9. The molecule has 0 saturated carbocycles. The lowest BCUT2D eigenvalue weighted by molar-refractivity contribution is -0.455. The Morgan fingerprint density at radius 3 is 0.800 bits per heavy atom. The van der Waals surface area contributed by atoms with Crippen LogP contribution in [0.15, 0.2) is 0 Å². The van der Waals surface area contributed by atoms with Crippen molar-refractivity contribution in [3.8, 4) is 0 Å². The smallest absolute Gasteiger partial charge is 0.460 e. The van der Waals surface area contributed by atoms with Crippen molar-refractivity contribution in [2.75, 3.05) is 0 Å². The molecule has 0 amide bonds. The van der Waals surface area contributed by atoms with Gasteiger partial charge in [-0.2, -0.15) is 65.9 Å². The number of carbonyl (C=O) groups is 2. The van der Waals surface area contributed by atoms with Gasteiger partial charge < -0.3 is 10.2 Å². The molecule has 0 fully saturated rings. The molecule has 2 N–H and O–H groups in total. The monoisotopic (exact) mass is 490 g/mol. The zero-order valence-corrected chi connectivity index (χ0v) is 12.8. The molecule has 0 atom stereocenters. The predicted molar refractivity (Wildman–Crippen MR) is 54.8 cm³/mol. The van der Waals surface area contributed by atoms with Crippen LogP contribution in [0.3, 0.4) is 0 Å². The van der Waals surface area contributed by atoms with E-state index in [2.05, 4.69) is 0 Å². The summed E-state index contributed by atoms with van der Waals surface area (Å²) in [4.78, 5) is 20.4. The standard InChI is InChI=1S/C10H2F16O4/c11-3(1(27)28,2(29)30)4(12,13)5(14,15)6(16,17)7(18,19)8(20,21)9(22,23)10(24,25)26/h(H,27,28)(H,29,30). The van der Waals surface area contributed by atoms with Gasteiger partial charge in [-0.15, -0.1) is 0 Å². The van der Waals surface area contributed by atoms with Crippen LogP contribution in [-0.2, 0) is 9.59 Å². The number of hydrogen-bond acceptors (Lipinski definition) is 2. The number of carboxylic acid groups (broad SMARTS) is 2. The van der Waals surface area contributed by atoms with Gasteiger partial charge in [0.25, 0.3) is 0 Å². The minimum Gasteiger partial charge on any atom is -0.478 e. The van der Waals surface area contributed by atoms with Gasteiger partial charge in [0, 0.05) is 0 Å². The predicted octanol–water partition coefficient (Wildman–Crippen LogP) is 4.24. The van der Waals surface area contributed by atoms with Gasteiger partial charge in [0.1, 0.15) is 0 Å². The average Bonchev–Trinajstić information content (AvgIpc) is 2.51. The van der Waals surface area contributed by atoms with Crippen LogP contribution in [-0.4, -0.2) is 69.5 Å². The maximum atomic E-state index is 13.4. The van der Waals surface area contributed by atoms with Gasteiger partial charge in [0.2, 0.25) is 0 Å². The summed E-state index contributed by atoms with van der Waals surface area (Å²) < 4.78 is 206. The lowest BCUT2D eigenvalue weighted by atomic mass is 9.84. The van der Waals surface area contributed by atoms with E-state index in [1.807, 2.05) is 0 Å². The molecule has 0 aliphatic heterocycles. The molecule has 0 unspecified atom stereocenters. The molecule has 0 aliphatic rings. The van der Waals surface area contributed by atoms with Gasteiger partial charge in [-0.25, -0.2) is 14.0 Å². The first-order valence-corrected chi connectivity index (χ1v) is 6.13. The Kier molecular flexibility index (Phi) is 6.17. The fourth-order valence-corrected chi connectivity index (χ4v) is 1.54. The van der Waals surface area contributed by atoms with E-state index < -0.39 is 59.3 Å². The van der Waals surface area contributed by atoms with E-state index in [4.69, 9.17) is 10.2 Å². The highest BCUT2D eigenvalue weighted by Crippen LogP contribution is 2.63. The summed E-state index contributed by atoms with van der Waals surface area (Å²) >= 11 is 0. The van der Waals surface area contributed by atoms with E-state index in [0.717, 1.165) is 0 Å². The summed E-state index contributed by atoms with van der Waals surface area (Å²) in [5.74, 6) is -59.8. The first-order chi connectivity index (χ1) is 12.6. The topological polar surface area (TPSA) is 74.6 Å². The molecule has 0 aliphatic carbocycles. The Hall–Kier alpha value is -2.18. The quantitative estimate of drug-likeness (QED) is 0.395. The molecule has 30 heavy (non-hydrogen) atoms. The van der Waals surface area contributed by atoms with E-state index in [-0.39, 0.29) is 0 Å². The van der Waals surface area contributed by atoms with Gasteiger partial charge in [0.05, 0.1) is 0 Å². The number of rotatable bonds is 8. The SMILES string of the molecule is O=C(O)C(F)(C(=O)O)C(F)(F)C(F)(F)C(F)(F)C(F)(F)C(F)(F)C(F)(F)C(F)(F)F. The molecule has 0 bridgehead atoms. The van der Waals surface area contributed by atoms with Crippen molar-refractivity contribution in [1.29, 1.82) is 0 Å². The molecule has 20 heteroatoms. The van der Waals surface area contributed by atoms with Crippen LogP contribution >= 0.6 is 0 Å². The van der Waals surface area contributed by atoms with Gasteiger partial charge in [-0.1, -0.05) is 0 Å². The third-order valence-electron chi connectivity index (χ3n) is 3.35. The number of hydrogen-bond donors (Lipinski definition) is 2. The summed E-state index contributed by atoms with van der Waals surface area (Å²) in [6, 6.07) is 0. The van der Waals surface area contributed by atoms with Crippen LogP contribution in [0.5, 0.6) is 0 Å². The van der Waals surface area contributed by atoms with Crippen LogP contribution < -0.4 is 0 Å². The van der Waals surface area contributed by atoms with E-state index in [1.165, 1.54) is 0 Å². The molecule has 178 valence electrons. The largest absolute Gasteiger partial charge is 0.478 e. The second-order valence-corrected chi connectivity index (χ2v) is 5.21. The van der Waals surface area contributed by atoms with Crippen LogP contribution in [0.2, 0.25) is 0 Å². The normalized spacial score (nSPS) is 15.9. The molecule has 0 saturated heterocycles. The van der Waals surface area contributed by atoms with Gasteiger partial charge >= 0.3 is 59.3 Å². The number of carboxylic acids is 2. The van der Waals surface area contributed by atoms with Crippen molar-refractivity contribution in [2.45, 2.75) is 47.4 Å². The Bertz CT molecular complexity index is 693. The maximum Gasteiger partial charge on any atom is 0.460 e. The number of aliphatic carboxylic acids is 2.